The van der Waals surface area contributed by atoms with Gasteiger partial charge in [-0.05, 0) is 24.3 Å². The van der Waals surface area contributed by atoms with Crippen LogP contribution in [0.25, 0.3) is 10.9 Å². The number of aromatic nitrogens is 2. The third-order valence-corrected chi connectivity index (χ3v) is 3.33. The number of hydrogen-bond donors (Lipinski definition) is 2. The molecule has 5 nitrogen and oxygen atoms in total. The summed E-state index contributed by atoms with van der Waals surface area (Å²) in [4.78, 5) is 19.9. The van der Waals surface area contributed by atoms with Gasteiger partial charge < -0.3 is 10.6 Å². The normalized spacial score (nSPS) is 10.5. The van der Waals surface area contributed by atoms with Crippen LogP contribution in [-0.4, -0.2) is 29.0 Å². The lowest BCUT2D eigenvalue weighted by Gasteiger charge is -2.08. The average Bonchev–Trinajstić information content (AvgIpc) is 2.59. The number of amides is 1. The summed E-state index contributed by atoms with van der Waals surface area (Å²) >= 11 is 0. The van der Waals surface area contributed by atoms with Crippen molar-refractivity contribution in [3.05, 3.63) is 66.2 Å². The molecule has 2 aromatic heterocycles. The zero-order valence-electron chi connectivity index (χ0n) is 12.3. The summed E-state index contributed by atoms with van der Waals surface area (Å²) in [6.45, 7) is 0.846. The molecule has 2 N–H and O–H groups in total. The zero-order chi connectivity index (χ0) is 16.1. The van der Waals surface area contributed by atoms with Crippen LogP contribution in [0.2, 0.25) is 0 Å². The highest BCUT2D eigenvalue weighted by molar-refractivity contribution is 5.94. The van der Waals surface area contributed by atoms with Gasteiger partial charge in [0.25, 0.3) is 5.91 Å². The Kier molecular flexibility index (Phi) is 4.42. The van der Waals surface area contributed by atoms with Crippen molar-refractivity contribution in [2.75, 3.05) is 18.4 Å². The minimum atomic E-state index is -0.630. The van der Waals surface area contributed by atoms with Crippen molar-refractivity contribution in [2.24, 2.45) is 0 Å². The highest BCUT2D eigenvalue weighted by atomic mass is 19.1. The first-order valence-corrected chi connectivity index (χ1v) is 7.21. The SMILES string of the molecule is O=C(NCCNc1ccc2ccccc2n1)c1ccncc1F. The molecule has 0 radical (unpaired) electrons. The first-order chi connectivity index (χ1) is 11.2. The van der Waals surface area contributed by atoms with Gasteiger partial charge in [-0.2, -0.15) is 0 Å². The van der Waals surface area contributed by atoms with E-state index in [4.69, 9.17) is 0 Å². The van der Waals surface area contributed by atoms with Crippen LogP contribution in [0, 0.1) is 5.82 Å². The fraction of sp³-hybridized carbons (Fsp3) is 0.118. The number of carbonyl (C=O) groups excluding carboxylic acids is 1. The fourth-order valence-corrected chi connectivity index (χ4v) is 2.19. The minimum Gasteiger partial charge on any atom is -0.368 e. The van der Waals surface area contributed by atoms with Crippen LogP contribution in [0.4, 0.5) is 10.2 Å². The molecule has 3 aromatic rings. The highest BCUT2D eigenvalue weighted by Gasteiger charge is 2.10. The van der Waals surface area contributed by atoms with Gasteiger partial charge in [-0.15, -0.1) is 0 Å². The number of carbonyl (C=O) groups is 1. The lowest BCUT2D eigenvalue weighted by atomic mass is 10.2. The van der Waals surface area contributed by atoms with E-state index in [1.165, 1.54) is 12.3 Å². The number of halogens is 1. The molecule has 0 unspecified atom stereocenters. The number of fused-ring (bicyclic) bond motifs is 1. The minimum absolute atomic E-state index is 0.0103. The molecule has 23 heavy (non-hydrogen) atoms. The number of anilines is 1. The van der Waals surface area contributed by atoms with Crippen LogP contribution in [0.1, 0.15) is 10.4 Å². The van der Waals surface area contributed by atoms with E-state index in [0.29, 0.717) is 13.1 Å². The van der Waals surface area contributed by atoms with Gasteiger partial charge in [0.15, 0.2) is 5.82 Å². The summed E-state index contributed by atoms with van der Waals surface area (Å²) in [5.41, 5.74) is 0.893. The fourth-order valence-electron chi connectivity index (χ4n) is 2.19. The zero-order valence-corrected chi connectivity index (χ0v) is 12.3. The molecule has 0 fully saturated rings. The summed E-state index contributed by atoms with van der Waals surface area (Å²) in [6.07, 6.45) is 2.40. The largest absolute Gasteiger partial charge is 0.368 e. The predicted octanol–water partition coefficient (Wildman–Crippen LogP) is 2.61. The summed E-state index contributed by atoms with van der Waals surface area (Å²) in [5, 5.41) is 6.85. The van der Waals surface area contributed by atoms with E-state index in [9.17, 15) is 9.18 Å². The summed E-state index contributed by atoms with van der Waals surface area (Å²) in [6, 6.07) is 13.0. The van der Waals surface area contributed by atoms with Crippen molar-refractivity contribution in [1.82, 2.24) is 15.3 Å². The number of hydrogen-bond acceptors (Lipinski definition) is 4. The van der Waals surface area contributed by atoms with Crippen molar-refractivity contribution in [3.8, 4) is 0 Å². The number of nitrogens with one attached hydrogen (secondary N) is 2. The van der Waals surface area contributed by atoms with Gasteiger partial charge >= 0.3 is 0 Å². The second kappa shape index (κ2) is 6.83. The molecule has 0 saturated carbocycles. The van der Waals surface area contributed by atoms with Crippen LogP contribution in [0.3, 0.4) is 0 Å². The quantitative estimate of drug-likeness (QED) is 0.711. The molecule has 1 amide bonds. The van der Waals surface area contributed by atoms with E-state index in [1.807, 2.05) is 36.4 Å². The van der Waals surface area contributed by atoms with E-state index in [2.05, 4.69) is 20.6 Å². The van der Waals surface area contributed by atoms with E-state index >= 15 is 0 Å². The molecule has 0 bridgehead atoms. The molecular formula is C17H15FN4O. The van der Waals surface area contributed by atoms with Gasteiger partial charge in [0.2, 0.25) is 0 Å². The van der Waals surface area contributed by atoms with Crippen molar-refractivity contribution in [2.45, 2.75) is 0 Å². The smallest absolute Gasteiger partial charge is 0.254 e. The Hall–Kier alpha value is -3.02. The molecule has 1 aromatic carbocycles. The molecule has 0 aliphatic carbocycles. The molecule has 0 aliphatic rings. The monoisotopic (exact) mass is 310 g/mol. The molecule has 6 heteroatoms. The van der Waals surface area contributed by atoms with Crippen molar-refractivity contribution in [3.63, 3.8) is 0 Å². The lowest BCUT2D eigenvalue weighted by molar-refractivity contribution is 0.0951. The molecule has 116 valence electrons. The van der Waals surface area contributed by atoms with E-state index in [-0.39, 0.29) is 5.56 Å². The van der Waals surface area contributed by atoms with Gasteiger partial charge in [0, 0.05) is 24.7 Å². The number of benzene rings is 1. The molecule has 0 saturated heterocycles. The lowest BCUT2D eigenvalue weighted by Crippen LogP contribution is -2.29. The van der Waals surface area contributed by atoms with Gasteiger partial charge in [-0.3, -0.25) is 9.78 Å². The maximum atomic E-state index is 13.4. The van der Waals surface area contributed by atoms with Gasteiger partial charge in [0.1, 0.15) is 5.82 Å². The molecule has 3 rings (SSSR count). The maximum absolute atomic E-state index is 13.4. The Morgan fingerprint density at radius 1 is 1.09 bits per heavy atom. The Morgan fingerprint density at radius 2 is 1.96 bits per heavy atom. The second-order valence-corrected chi connectivity index (χ2v) is 4.93. The Labute approximate surface area is 132 Å². The van der Waals surface area contributed by atoms with Crippen LogP contribution < -0.4 is 10.6 Å². The predicted molar refractivity (Wildman–Crippen MR) is 86.8 cm³/mol. The number of rotatable bonds is 5. The molecule has 0 spiro atoms. The van der Waals surface area contributed by atoms with Crippen molar-refractivity contribution >= 4 is 22.6 Å². The average molecular weight is 310 g/mol. The summed E-state index contributed by atoms with van der Waals surface area (Å²) in [7, 11) is 0. The van der Waals surface area contributed by atoms with E-state index in [1.54, 1.807) is 0 Å². The third kappa shape index (κ3) is 3.60. The third-order valence-electron chi connectivity index (χ3n) is 3.33. The topological polar surface area (TPSA) is 66.9 Å². The van der Waals surface area contributed by atoms with Crippen LogP contribution >= 0.6 is 0 Å². The van der Waals surface area contributed by atoms with Gasteiger partial charge in [0.05, 0.1) is 17.3 Å². The van der Waals surface area contributed by atoms with Crippen molar-refractivity contribution in [1.29, 1.82) is 0 Å². The first kappa shape index (κ1) is 14.9. The Bertz CT molecular complexity index is 837. The number of pyridine rings is 2. The molecule has 0 atom stereocenters. The first-order valence-electron chi connectivity index (χ1n) is 7.21. The van der Waals surface area contributed by atoms with Crippen LogP contribution in [0.15, 0.2) is 54.9 Å². The number of nitrogens with zero attached hydrogens (tertiary/aromatic N) is 2. The Morgan fingerprint density at radius 3 is 2.83 bits per heavy atom. The molecule has 2 heterocycles. The van der Waals surface area contributed by atoms with Gasteiger partial charge in [-0.25, -0.2) is 9.37 Å². The van der Waals surface area contributed by atoms with E-state index in [0.717, 1.165) is 22.9 Å². The summed E-state index contributed by atoms with van der Waals surface area (Å²) in [5.74, 6) is -0.361. The van der Waals surface area contributed by atoms with Crippen LogP contribution in [-0.2, 0) is 0 Å². The molecule has 0 aliphatic heterocycles. The molecular weight excluding hydrogens is 295 g/mol. The van der Waals surface area contributed by atoms with E-state index < -0.39 is 11.7 Å². The summed E-state index contributed by atoms with van der Waals surface area (Å²) < 4.78 is 13.4. The standard InChI is InChI=1S/C17H15FN4O/c18-14-11-19-8-7-13(14)17(23)21-10-9-20-16-6-5-12-3-1-2-4-15(12)22-16/h1-8,11H,9-10H2,(H,20,22)(H,21,23). The Balaban J connectivity index is 1.53. The highest BCUT2D eigenvalue weighted by Crippen LogP contribution is 2.14. The van der Waals surface area contributed by atoms with Gasteiger partial charge in [-0.1, -0.05) is 18.2 Å². The van der Waals surface area contributed by atoms with Crippen LogP contribution in [0.5, 0.6) is 0 Å². The van der Waals surface area contributed by atoms with Crippen molar-refractivity contribution < 1.29 is 9.18 Å². The maximum Gasteiger partial charge on any atom is 0.254 e. The second-order valence-electron chi connectivity index (χ2n) is 4.93. The number of para-hydroxylation sites is 1.